The van der Waals surface area contributed by atoms with E-state index in [1.807, 2.05) is 62.2 Å². The average Bonchev–Trinajstić information content (AvgIpc) is 2.71. The lowest BCUT2D eigenvalue weighted by molar-refractivity contribution is -0.132. The van der Waals surface area contributed by atoms with Crippen molar-refractivity contribution in [3.8, 4) is 0 Å². The van der Waals surface area contributed by atoms with Gasteiger partial charge >= 0.3 is 0 Å². The number of likely N-dealkylation sites (N-methyl/N-ethyl adjacent to an activating group) is 1. The van der Waals surface area contributed by atoms with Gasteiger partial charge in [-0.05, 0) is 44.2 Å². The SMILES string of the molecule is Cc1cccc(C)c1NC(=O)CN(C)CC(=O)N1CCN(c2ccccc2)CC1. The maximum absolute atomic E-state index is 12.6. The van der Waals surface area contributed by atoms with Gasteiger partial charge in [-0.25, -0.2) is 0 Å². The Labute approximate surface area is 173 Å². The molecule has 0 bridgehead atoms. The van der Waals surface area contributed by atoms with Crippen molar-refractivity contribution in [1.82, 2.24) is 9.80 Å². The number of piperazine rings is 1. The molecule has 2 aromatic carbocycles. The van der Waals surface area contributed by atoms with Crippen LogP contribution < -0.4 is 10.2 Å². The molecule has 1 saturated heterocycles. The number of nitrogens with zero attached hydrogens (tertiary/aromatic N) is 3. The highest BCUT2D eigenvalue weighted by Gasteiger charge is 2.22. The summed E-state index contributed by atoms with van der Waals surface area (Å²) < 4.78 is 0. The lowest BCUT2D eigenvalue weighted by atomic mass is 10.1. The Bertz CT molecular complexity index is 825. The summed E-state index contributed by atoms with van der Waals surface area (Å²) in [5, 5.41) is 2.97. The standard InChI is InChI=1S/C23H30N4O2/c1-18-8-7-9-19(2)23(18)24-21(28)16-25(3)17-22(29)27-14-12-26(13-15-27)20-10-5-4-6-11-20/h4-11H,12-17H2,1-3H3,(H,24,28). The van der Waals surface area contributed by atoms with Crippen molar-refractivity contribution < 1.29 is 9.59 Å². The van der Waals surface area contributed by atoms with Gasteiger partial charge in [0.25, 0.3) is 0 Å². The number of para-hydroxylation sites is 2. The number of benzene rings is 2. The molecule has 0 aromatic heterocycles. The van der Waals surface area contributed by atoms with Crippen LogP contribution in [0.3, 0.4) is 0 Å². The molecule has 6 heteroatoms. The smallest absolute Gasteiger partial charge is 0.238 e. The number of hydrogen-bond acceptors (Lipinski definition) is 4. The summed E-state index contributed by atoms with van der Waals surface area (Å²) in [7, 11) is 1.81. The van der Waals surface area contributed by atoms with E-state index in [1.165, 1.54) is 5.69 Å². The molecular formula is C23H30N4O2. The van der Waals surface area contributed by atoms with Crippen LogP contribution in [0.2, 0.25) is 0 Å². The van der Waals surface area contributed by atoms with Crippen molar-refractivity contribution in [1.29, 1.82) is 0 Å². The fraction of sp³-hybridized carbons (Fsp3) is 0.391. The first-order valence-corrected chi connectivity index (χ1v) is 10.1. The van der Waals surface area contributed by atoms with Crippen molar-refractivity contribution in [2.24, 2.45) is 0 Å². The number of carbonyl (C=O) groups excluding carboxylic acids is 2. The van der Waals surface area contributed by atoms with E-state index in [4.69, 9.17) is 0 Å². The van der Waals surface area contributed by atoms with E-state index in [0.29, 0.717) is 13.1 Å². The number of anilines is 2. The number of rotatable bonds is 6. The van der Waals surface area contributed by atoms with Gasteiger partial charge in [-0.15, -0.1) is 0 Å². The van der Waals surface area contributed by atoms with Gasteiger partial charge in [0.05, 0.1) is 13.1 Å². The average molecular weight is 395 g/mol. The molecule has 1 fully saturated rings. The third-order valence-corrected chi connectivity index (χ3v) is 5.32. The molecule has 1 N–H and O–H groups in total. The predicted molar refractivity (Wildman–Crippen MR) is 117 cm³/mol. The molecule has 0 saturated carbocycles. The normalized spacial score (nSPS) is 14.2. The molecule has 3 rings (SSSR count). The lowest BCUT2D eigenvalue weighted by Gasteiger charge is -2.36. The van der Waals surface area contributed by atoms with Gasteiger partial charge in [0.1, 0.15) is 0 Å². The van der Waals surface area contributed by atoms with Crippen LogP contribution in [0.1, 0.15) is 11.1 Å². The first-order valence-electron chi connectivity index (χ1n) is 10.1. The van der Waals surface area contributed by atoms with Gasteiger partial charge in [-0.1, -0.05) is 36.4 Å². The summed E-state index contributed by atoms with van der Waals surface area (Å²) in [5.74, 6) is -0.0355. The van der Waals surface area contributed by atoms with Crippen LogP contribution in [0.25, 0.3) is 0 Å². The molecule has 29 heavy (non-hydrogen) atoms. The van der Waals surface area contributed by atoms with E-state index >= 15 is 0 Å². The van der Waals surface area contributed by atoms with Crippen LogP contribution in [0, 0.1) is 13.8 Å². The topological polar surface area (TPSA) is 55.9 Å². The molecular weight excluding hydrogens is 364 g/mol. The first-order chi connectivity index (χ1) is 13.9. The highest BCUT2D eigenvalue weighted by atomic mass is 16.2. The molecule has 0 spiro atoms. The fourth-order valence-corrected chi connectivity index (χ4v) is 3.68. The second kappa shape index (κ2) is 9.56. The minimum absolute atomic E-state index is 0.0695. The fourth-order valence-electron chi connectivity index (χ4n) is 3.68. The zero-order valence-corrected chi connectivity index (χ0v) is 17.5. The molecule has 1 heterocycles. The summed E-state index contributed by atoms with van der Waals surface area (Å²) in [5.41, 5.74) is 4.12. The second-order valence-electron chi connectivity index (χ2n) is 7.69. The summed E-state index contributed by atoms with van der Waals surface area (Å²) >= 11 is 0. The zero-order chi connectivity index (χ0) is 20.8. The van der Waals surface area contributed by atoms with Crippen LogP contribution in [-0.4, -0.2) is 67.9 Å². The van der Waals surface area contributed by atoms with E-state index in [9.17, 15) is 9.59 Å². The van der Waals surface area contributed by atoms with Gasteiger partial charge in [-0.3, -0.25) is 14.5 Å². The third kappa shape index (κ3) is 5.57. The summed E-state index contributed by atoms with van der Waals surface area (Å²) in [6.45, 7) is 7.44. The molecule has 0 atom stereocenters. The highest BCUT2D eigenvalue weighted by molar-refractivity contribution is 5.94. The predicted octanol–water partition coefficient (Wildman–Crippen LogP) is 2.52. The number of nitrogens with one attached hydrogen (secondary N) is 1. The van der Waals surface area contributed by atoms with Crippen molar-refractivity contribution >= 4 is 23.2 Å². The Hall–Kier alpha value is -2.86. The van der Waals surface area contributed by atoms with E-state index in [2.05, 4.69) is 22.3 Å². The van der Waals surface area contributed by atoms with Crippen LogP contribution >= 0.6 is 0 Å². The van der Waals surface area contributed by atoms with Crippen LogP contribution in [-0.2, 0) is 9.59 Å². The van der Waals surface area contributed by atoms with Gasteiger partial charge in [0.15, 0.2) is 0 Å². The molecule has 0 aliphatic carbocycles. The second-order valence-corrected chi connectivity index (χ2v) is 7.69. The first kappa shape index (κ1) is 20.9. The van der Waals surface area contributed by atoms with Crippen molar-refractivity contribution in [3.63, 3.8) is 0 Å². The number of carbonyl (C=O) groups is 2. The van der Waals surface area contributed by atoms with Crippen molar-refractivity contribution in [2.45, 2.75) is 13.8 Å². The van der Waals surface area contributed by atoms with E-state index in [0.717, 1.165) is 29.9 Å². The molecule has 2 amide bonds. The van der Waals surface area contributed by atoms with Crippen LogP contribution in [0.5, 0.6) is 0 Å². The molecule has 1 aliphatic heterocycles. The Morgan fingerprint density at radius 3 is 2.14 bits per heavy atom. The molecule has 6 nitrogen and oxygen atoms in total. The summed E-state index contributed by atoms with van der Waals surface area (Å²) in [6.07, 6.45) is 0. The van der Waals surface area contributed by atoms with Crippen LogP contribution in [0.4, 0.5) is 11.4 Å². The Morgan fingerprint density at radius 1 is 0.897 bits per heavy atom. The highest BCUT2D eigenvalue weighted by Crippen LogP contribution is 2.19. The van der Waals surface area contributed by atoms with Gasteiger partial charge in [0.2, 0.25) is 11.8 Å². The minimum Gasteiger partial charge on any atom is -0.368 e. The van der Waals surface area contributed by atoms with E-state index < -0.39 is 0 Å². The largest absolute Gasteiger partial charge is 0.368 e. The quantitative estimate of drug-likeness (QED) is 0.818. The molecule has 0 radical (unpaired) electrons. The van der Waals surface area contributed by atoms with Crippen molar-refractivity contribution in [2.75, 3.05) is 56.5 Å². The van der Waals surface area contributed by atoms with Gasteiger partial charge in [-0.2, -0.15) is 0 Å². The third-order valence-electron chi connectivity index (χ3n) is 5.32. The monoisotopic (exact) mass is 394 g/mol. The Morgan fingerprint density at radius 2 is 1.52 bits per heavy atom. The Balaban J connectivity index is 1.45. The van der Waals surface area contributed by atoms with Crippen molar-refractivity contribution in [3.05, 3.63) is 59.7 Å². The number of amides is 2. The minimum atomic E-state index is -0.105. The van der Waals surface area contributed by atoms with Gasteiger partial charge < -0.3 is 15.1 Å². The maximum atomic E-state index is 12.6. The lowest BCUT2D eigenvalue weighted by Crippen LogP contribution is -2.51. The summed E-state index contributed by atoms with van der Waals surface area (Å²) in [6, 6.07) is 16.2. The maximum Gasteiger partial charge on any atom is 0.238 e. The number of aryl methyl sites for hydroxylation is 2. The van der Waals surface area contributed by atoms with E-state index in [-0.39, 0.29) is 24.9 Å². The molecule has 154 valence electrons. The Kier molecular flexibility index (Phi) is 6.88. The zero-order valence-electron chi connectivity index (χ0n) is 17.5. The van der Waals surface area contributed by atoms with Gasteiger partial charge in [0, 0.05) is 37.6 Å². The summed E-state index contributed by atoms with van der Waals surface area (Å²) in [4.78, 5) is 31.0. The molecule has 0 unspecified atom stereocenters. The van der Waals surface area contributed by atoms with Crippen LogP contribution in [0.15, 0.2) is 48.5 Å². The molecule has 1 aliphatic rings. The molecule has 2 aromatic rings. The van der Waals surface area contributed by atoms with E-state index in [1.54, 1.807) is 4.90 Å². The number of hydrogen-bond donors (Lipinski definition) is 1.